The van der Waals surface area contributed by atoms with Crippen LogP contribution in [0, 0.1) is 0 Å². The van der Waals surface area contributed by atoms with Gasteiger partial charge in [-0.05, 0) is 38.1 Å². The number of pyridine rings is 1. The Bertz CT molecular complexity index is 1040. The first-order valence-electron chi connectivity index (χ1n) is 9.38. The van der Waals surface area contributed by atoms with E-state index in [-0.39, 0.29) is 17.8 Å². The van der Waals surface area contributed by atoms with Crippen molar-refractivity contribution in [3.05, 3.63) is 70.6 Å². The number of ether oxygens (including phenoxy) is 1. The first-order valence-corrected chi connectivity index (χ1v) is 9.38. The van der Waals surface area contributed by atoms with Crippen LogP contribution >= 0.6 is 0 Å². The summed E-state index contributed by atoms with van der Waals surface area (Å²) in [5, 5.41) is 4.29. The van der Waals surface area contributed by atoms with Gasteiger partial charge in [0, 0.05) is 19.3 Å². The number of para-hydroxylation sites is 1. The van der Waals surface area contributed by atoms with Crippen molar-refractivity contribution < 1.29 is 4.74 Å². The van der Waals surface area contributed by atoms with E-state index in [1.807, 2.05) is 62.4 Å². The molecule has 3 heterocycles. The van der Waals surface area contributed by atoms with E-state index in [9.17, 15) is 4.79 Å². The van der Waals surface area contributed by atoms with Crippen LogP contribution in [0.2, 0.25) is 0 Å². The molecule has 7 heteroatoms. The number of nitrogens with one attached hydrogen (secondary N) is 1. The number of hydrazone groups is 1. The Morgan fingerprint density at radius 1 is 1.11 bits per heavy atom. The largest absolute Gasteiger partial charge is 0.372 e. The number of fused-ring (bicyclic) bond motifs is 1. The van der Waals surface area contributed by atoms with Gasteiger partial charge in [0.2, 0.25) is 0 Å². The fraction of sp³-hybridized carbons (Fsp3) is 0.286. The third-order valence-corrected chi connectivity index (χ3v) is 4.63. The molecular formula is C21H23N5O2. The molecule has 1 aliphatic heterocycles. The van der Waals surface area contributed by atoms with E-state index in [1.165, 1.54) is 0 Å². The molecule has 1 fully saturated rings. The van der Waals surface area contributed by atoms with Gasteiger partial charge in [-0.1, -0.05) is 24.3 Å². The zero-order valence-electron chi connectivity index (χ0n) is 15.9. The van der Waals surface area contributed by atoms with Gasteiger partial charge >= 0.3 is 0 Å². The number of morpholine rings is 1. The van der Waals surface area contributed by atoms with Crippen LogP contribution < -0.4 is 15.9 Å². The van der Waals surface area contributed by atoms with Crippen LogP contribution in [0.3, 0.4) is 0 Å². The second kappa shape index (κ2) is 7.82. The van der Waals surface area contributed by atoms with E-state index < -0.39 is 0 Å². The highest BCUT2D eigenvalue weighted by molar-refractivity contribution is 5.87. The van der Waals surface area contributed by atoms with Crippen molar-refractivity contribution in [2.75, 3.05) is 23.4 Å². The second-order valence-corrected chi connectivity index (χ2v) is 6.98. The molecule has 0 radical (unpaired) electrons. The zero-order chi connectivity index (χ0) is 19.5. The van der Waals surface area contributed by atoms with E-state index in [0.717, 1.165) is 5.69 Å². The minimum atomic E-state index is -0.147. The van der Waals surface area contributed by atoms with Crippen molar-refractivity contribution in [3.8, 4) is 0 Å². The highest BCUT2D eigenvalue weighted by atomic mass is 16.5. The SMILES string of the molecule is C[C@@H]1CN(c2nc3ccccn3c(=O)c2/C=N\Nc2ccccc2)C[C@@H](C)O1. The smallest absolute Gasteiger partial charge is 0.268 e. The maximum absolute atomic E-state index is 13.1. The van der Waals surface area contributed by atoms with Crippen molar-refractivity contribution in [3.63, 3.8) is 0 Å². The molecule has 0 saturated carbocycles. The Morgan fingerprint density at radius 2 is 1.82 bits per heavy atom. The molecule has 2 atom stereocenters. The number of anilines is 2. The van der Waals surface area contributed by atoms with E-state index >= 15 is 0 Å². The normalized spacial score (nSPS) is 20.0. The van der Waals surface area contributed by atoms with Crippen LogP contribution in [0.5, 0.6) is 0 Å². The molecule has 3 aromatic rings. The molecule has 0 spiro atoms. The van der Waals surface area contributed by atoms with Gasteiger partial charge in [-0.2, -0.15) is 5.10 Å². The summed E-state index contributed by atoms with van der Waals surface area (Å²) < 4.78 is 7.38. The predicted molar refractivity (Wildman–Crippen MR) is 111 cm³/mol. The van der Waals surface area contributed by atoms with Gasteiger partial charge < -0.3 is 9.64 Å². The molecule has 0 aliphatic carbocycles. The fourth-order valence-corrected chi connectivity index (χ4v) is 3.48. The molecule has 0 amide bonds. The van der Waals surface area contributed by atoms with Gasteiger partial charge in [0.25, 0.3) is 5.56 Å². The monoisotopic (exact) mass is 377 g/mol. The number of benzene rings is 1. The maximum Gasteiger partial charge on any atom is 0.268 e. The van der Waals surface area contributed by atoms with Crippen LogP contribution in [0.15, 0.2) is 64.6 Å². The third kappa shape index (κ3) is 3.75. The second-order valence-electron chi connectivity index (χ2n) is 6.98. The molecule has 1 N–H and O–H groups in total. The molecule has 144 valence electrons. The van der Waals surface area contributed by atoms with E-state index in [2.05, 4.69) is 15.4 Å². The maximum atomic E-state index is 13.1. The topological polar surface area (TPSA) is 71.2 Å². The summed E-state index contributed by atoms with van der Waals surface area (Å²) in [7, 11) is 0. The quantitative estimate of drug-likeness (QED) is 0.559. The standard InChI is InChI=1S/C21H23N5O2/c1-15-13-25(14-16(2)28-15)20-18(12-22-24-17-8-4-3-5-9-17)21(27)26-11-7-6-10-19(26)23-20/h3-12,15-16,24H,13-14H2,1-2H3/b22-12-/t15-,16-/m1/s1. The average Bonchev–Trinajstić information content (AvgIpc) is 2.69. The highest BCUT2D eigenvalue weighted by Gasteiger charge is 2.26. The number of hydrogen-bond acceptors (Lipinski definition) is 6. The molecule has 0 unspecified atom stereocenters. The Kier molecular flexibility index (Phi) is 5.08. The lowest BCUT2D eigenvalue weighted by molar-refractivity contribution is -0.00546. The lowest BCUT2D eigenvalue weighted by Gasteiger charge is -2.36. The summed E-state index contributed by atoms with van der Waals surface area (Å²) in [6.45, 7) is 5.40. The molecule has 1 saturated heterocycles. The van der Waals surface area contributed by atoms with Gasteiger partial charge in [-0.15, -0.1) is 0 Å². The molecule has 1 aromatic carbocycles. The summed E-state index contributed by atoms with van der Waals surface area (Å²) in [6, 6.07) is 15.1. The number of aromatic nitrogens is 2. The summed E-state index contributed by atoms with van der Waals surface area (Å²) >= 11 is 0. The molecule has 28 heavy (non-hydrogen) atoms. The van der Waals surface area contributed by atoms with E-state index in [0.29, 0.717) is 30.1 Å². The minimum absolute atomic E-state index is 0.0620. The lowest BCUT2D eigenvalue weighted by Crippen LogP contribution is -2.47. The van der Waals surface area contributed by atoms with Crippen molar-refractivity contribution in [2.45, 2.75) is 26.1 Å². The fourth-order valence-electron chi connectivity index (χ4n) is 3.48. The van der Waals surface area contributed by atoms with Crippen LogP contribution in [0.25, 0.3) is 5.65 Å². The van der Waals surface area contributed by atoms with Gasteiger partial charge in [-0.3, -0.25) is 14.6 Å². The zero-order valence-corrected chi connectivity index (χ0v) is 15.9. The van der Waals surface area contributed by atoms with Crippen molar-refractivity contribution in [2.24, 2.45) is 5.10 Å². The van der Waals surface area contributed by atoms with Gasteiger partial charge in [0.1, 0.15) is 17.0 Å². The number of hydrogen-bond donors (Lipinski definition) is 1. The summed E-state index contributed by atoms with van der Waals surface area (Å²) in [4.78, 5) is 20.0. The first-order chi connectivity index (χ1) is 13.6. The van der Waals surface area contributed by atoms with Crippen LogP contribution in [0.1, 0.15) is 19.4 Å². The van der Waals surface area contributed by atoms with E-state index in [4.69, 9.17) is 9.72 Å². The average molecular weight is 377 g/mol. The molecular weight excluding hydrogens is 354 g/mol. The van der Waals surface area contributed by atoms with Gasteiger partial charge in [0.05, 0.1) is 24.1 Å². The Morgan fingerprint density at radius 3 is 2.57 bits per heavy atom. The lowest BCUT2D eigenvalue weighted by atomic mass is 10.2. The Hall–Kier alpha value is -3.19. The first kappa shape index (κ1) is 18.2. The van der Waals surface area contributed by atoms with E-state index in [1.54, 1.807) is 16.8 Å². The predicted octanol–water partition coefficient (Wildman–Crippen LogP) is 2.75. The Labute approximate surface area is 163 Å². The van der Waals surface area contributed by atoms with Gasteiger partial charge in [-0.25, -0.2) is 4.98 Å². The molecule has 2 aromatic heterocycles. The summed E-state index contributed by atoms with van der Waals surface area (Å²) in [5.41, 5.74) is 4.73. The van der Waals surface area contributed by atoms with Gasteiger partial charge in [0.15, 0.2) is 0 Å². The third-order valence-electron chi connectivity index (χ3n) is 4.63. The minimum Gasteiger partial charge on any atom is -0.372 e. The van der Waals surface area contributed by atoms with Crippen LogP contribution in [-0.4, -0.2) is 40.9 Å². The number of nitrogens with zero attached hydrogens (tertiary/aromatic N) is 4. The number of rotatable bonds is 4. The van der Waals surface area contributed by atoms with Crippen molar-refractivity contribution in [1.82, 2.24) is 9.38 Å². The molecule has 4 rings (SSSR count). The highest BCUT2D eigenvalue weighted by Crippen LogP contribution is 2.21. The molecule has 7 nitrogen and oxygen atoms in total. The summed E-state index contributed by atoms with van der Waals surface area (Å²) in [5.74, 6) is 0.636. The van der Waals surface area contributed by atoms with Crippen LogP contribution in [0.4, 0.5) is 11.5 Å². The molecule has 0 bridgehead atoms. The van der Waals surface area contributed by atoms with Crippen LogP contribution in [-0.2, 0) is 4.74 Å². The molecule has 1 aliphatic rings. The Balaban J connectivity index is 1.76. The van der Waals surface area contributed by atoms with Crippen molar-refractivity contribution in [1.29, 1.82) is 0 Å². The summed E-state index contributed by atoms with van der Waals surface area (Å²) in [6.07, 6.45) is 3.40. The van der Waals surface area contributed by atoms with Crippen molar-refractivity contribution >= 4 is 23.4 Å².